The number of aromatic nitrogens is 5. The molecule has 5 rings (SSSR count). The molecule has 0 unspecified atom stereocenters. The molecule has 0 aliphatic heterocycles. The quantitative estimate of drug-likeness (QED) is 0.382. The van der Waals surface area contributed by atoms with Crippen molar-refractivity contribution >= 4 is 39.3 Å². The van der Waals surface area contributed by atoms with Gasteiger partial charge in [-0.15, -0.1) is 0 Å². The number of nitrogens with two attached hydrogens (primary N) is 1. The van der Waals surface area contributed by atoms with E-state index < -0.39 is 0 Å². The molecule has 0 aliphatic rings. The second-order valence-electron chi connectivity index (χ2n) is 6.95. The molecule has 3 heterocycles. The van der Waals surface area contributed by atoms with Crippen LogP contribution in [-0.2, 0) is 6.42 Å². The van der Waals surface area contributed by atoms with Crippen molar-refractivity contribution < 1.29 is 0 Å². The van der Waals surface area contributed by atoms with Crippen LogP contribution in [0.4, 0.5) is 17.5 Å². The summed E-state index contributed by atoms with van der Waals surface area (Å²) in [5, 5.41) is 12.5. The highest BCUT2D eigenvalue weighted by Crippen LogP contribution is 2.26. The molecule has 3 aromatic heterocycles. The molecule has 0 amide bonds. The summed E-state index contributed by atoms with van der Waals surface area (Å²) in [5.41, 5.74) is 12.4. The molecule has 0 spiro atoms. The van der Waals surface area contributed by atoms with Crippen molar-refractivity contribution in [2.45, 2.75) is 13.3 Å². The summed E-state index contributed by atoms with van der Waals surface area (Å²) >= 11 is 0. The summed E-state index contributed by atoms with van der Waals surface area (Å²) < 4.78 is 0. The van der Waals surface area contributed by atoms with Gasteiger partial charge in [-0.2, -0.15) is 10.1 Å². The molecule has 138 valence electrons. The number of aromatic amines is 2. The molecule has 7 nitrogen and oxygen atoms in total. The van der Waals surface area contributed by atoms with Gasteiger partial charge >= 0.3 is 0 Å². The first-order valence-corrected chi connectivity index (χ1v) is 9.04. The molecule has 0 atom stereocenters. The van der Waals surface area contributed by atoms with Gasteiger partial charge in [0.2, 0.25) is 5.95 Å². The predicted octanol–water partition coefficient (Wildman–Crippen LogP) is 4.06. The number of fused-ring (bicyclic) bond motifs is 2. The lowest BCUT2D eigenvalue weighted by molar-refractivity contribution is 1.09. The molecule has 5 aromatic rings. The standard InChI is InChI=1S/C21H19N7/c1-12-6-18(16-11-25-28-19(16)7-12)26-21-24-10-15(20(22)27-21)9-13-2-3-17-14(8-13)4-5-23-17/h2-8,10-11,23H,9H2,1H3,(H,25,28)(H3,22,24,26,27). The summed E-state index contributed by atoms with van der Waals surface area (Å²) in [7, 11) is 0. The number of anilines is 3. The highest BCUT2D eigenvalue weighted by Gasteiger charge is 2.09. The Bertz CT molecular complexity index is 1300. The van der Waals surface area contributed by atoms with Crippen molar-refractivity contribution in [1.29, 1.82) is 0 Å². The minimum Gasteiger partial charge on any atom is -0.383 e. The van der Waals surface area contributed by atoms with Gasteiger partial charge in [-0.05, 0) is 53.8 Å². The van der Waals surface area contributed by atoms with E-state index in [1.807, 2.05) is 25.3 Å². The first-order valence-electron chi connectivity index (χ1n) is 9.04. The van der Waals surface area contributed by atoms with Crippen LogP contribution < -0.4 is 11.1 Å². The molecular formula is C21H19N7. The van der Waals surface area contributed by atoms with Gasteiger partial charge in [0.25, 0.3) is 0 Å². The van der Waals surface area contributed by atoms with Crippen molar-refractivity contribution in [1.82, 2.24) is 25.1 Å². The average Bonchev–Trinajstić information content (AvgIpc) is 3.32. The van der Waals surface area contributed by atoms with Crippen LogP contribution in [0.5, 0.6) is 0 Å². The zero-order valence-corrected chi connectivity index (χ0v) is 15.3. The maximum atomic E-state index is 6.22. The fourth-order valence-electron chi connectivity index (χ4n) is 3.47. The topological polar surface area (TPSA) is 108 Å². The van der Waals surface area contributed by atoms with Crippen LogP contribution in [0.25, 0.3) is 21.8 Å². The molecular weight excluding hydrogens is 350 g/mol. The number of hydrogen-bond acceptors (Lipinski definition) is 5. The van der Waals surface area contributed by atoms with Gasteiger partial charge in [0.15, 0.2) is 0 Å². The Morgan fingerprint density at radius 2 is 2.00 bits per heavy atom. The van der Waals surface area contributed by atoms with Gasteiger partial charge in [0, 0.05) is 35.3 Å². The van der Waals surface area contributed by atoms with Crippen LogP contribution in [0.3, 0.4) is 0 Å². The Labute approximate surface area is 161 Å². The normalized spacial score (nSPS) is 11.3. The number of rotatable bonds is 4. The van der Waals surface area contributed by atoms with Gasteiger partial charge in [0.1, 0.15) is 5.82 Å². The van der Waals surface area contributed by atoms with Gasteiger partial charge in [-0.25, -0.2) is 4.98 Å². The lowest BCUT2D eigenvalue weighted by Crippen LogP contribution is -2.05. The number of nitrogens with one attached hydrogen (secondary N) is 3. The van der Waals surface area contributed by atoms with E-state index in [9.17, 15) is 0 Å². The number of aryl methyl sites for hydroxylation is 1. The molecule has 2 aromatic carbocycles. The van der Waals surface area contributed by atoms with E-state index in [-0.39, 0.29) is 0 Å². The summed E-state index contributed by atoms with van der Waals surface area (Å²) in [6.45, 7) is 2.03. The number of nitrogen functional groups attached to an aromatic ring is 1. The predicted molar refractivity (Wildman–Crippen MR) is 112 cm³/mol. The minimum absolute atomic E-state index is 0.468. The van der Waals surface area contributed by atoms with Crippen molar-refractivity contribution in [3.05, 3.63) is 71.7 Å². The lowest BCUT2D eigenvalue weighted by Gasteiger charge is -2.10. The maximum absolute atomic E-state index is 6.22. The molecule has 28 heavy (non-hydrogen) atoms. The Hall–Kier alpha value is -3.87. The van der Waals surface area contributed by atoms with Crippen LogP contribution in [0.2, 0.25) is 0 Å². The Morgan fingerprint density at radius 3 is 2.89 bits per heavy atom. The van der Waals surface area contributed by atoms with Gasteiger partial charge in [0.05, 0.1) is 17.4 Å². The van der Waals surface area contributed by atoms with E-state index in [0.29, 0.717) is 18.2 Å². The Balaban J connectivity index is 1.42. The van der Waals surface area contributed by atoms with E-state index >= 15 is 0 Å². The van der Waals surface area contributed by atoms with Crippen molar-refractivity contribution in [3.63, 3.8) is 0 Å². The number of benzene rings is 2. The van der Waals surface area contributed by atoms with E-state index in [4.69, 9.17) is 5.73 Å². The smallest absolute Gasteiger partial charge is 0.229 e. The zero-order chi connectivity index (χ0) is 19.1. The molecule has 0 fully saturated rings. The second-order valence-corrected chi connectivity index (χ2v) is 6.95. The Morgan fingerprint density at radius 1 is 1.07 bits per heavy atom. The van der Waals surface area contributed by atoms with Crippen LogP contribution >= 0.6 is 0 Å². The summed E-state index contributed by atoms with van der Waals surface area (Å²) in [6.07, 6.45) is 6.19. The molecule has 0 bridgehead atoms. The van der Waals surface area contributed by atoms with Gasteiger partial charge in [-0.1, -0.05) is 6.07 Å². The van der Waals surface area contributed by atoms with Crippen molar-refractivity contribution in [2.24, 2.45) is 0 Å². The third kappa shape index (κ3) is 2.92. The lowest BCUT2D eigenvalue weighted by atomic mass is 10.1. The minimum atomic E-state index is 0.468. The highest BCUT2D eigenvalue weighted by atomic mass is 15.1. The SMILES string of the molecule is Cc1cc(Nc2ncc(Cc3ccc4[nH]ccc4c3)c(N)n2)c2cn[nH]c2c1. The number of nitrogens with zero attached hydrogens (tertiary/aromatic N) is 3. The van der Waals surface area contributed by atoms with Crippen LogP contribution in [0, 0.1) is 6.92 Å². The summed E-state index contributed by atoms with van der Waals surface area (Å²) in [6, 6.07) is 12.5. The second kappa shape index (κ2) is 6.38. The fraction of sp³-hybridized carbons (Fsp3) is 0.0952. The van der Waals surface area contributed by atoms with Crippen molar-refractivity contribution in [2.75, 3.05) is 11.1 Å². The molecule has 0 saturated carbocycles. The first kappa shape index (κ1) is 16.3. The third-order valence-corrected chi connectivity index (χ3v) is 4.86. The summed E-state index contributed by atoms with van der Waals surface area (Å²) in [4.78, 5) is 12.1. The van der Waals surface area contributed by atoms with E-state index in [0.717, 1.165) is 33.2 Å². The molecule has 0 aliphatic carbocycles. The van der Waals surface area contributed by atoms with E-state index in [1.165, 1.54) is 10.9 Å². The van der Waals surface area contributed by atoms with E-state index in [2.05, 4.69) is 54.7 Å². The molecule has 0 radical (unpaired) electrons. The monoisotopic (exact) mass is 369 g/mol. The van der Waals surface area contributed by atoms with Gasteiger partial charge in [-0.3, -0.25) is 5.10 Å². The fourth-order valence-corrected chi connectivity index (χ4v) is 3.47. The van der Waals surface area contributed by atoms with Gasteiger partial charge < -0.3 is 16.0 Å². The van der Waals surface area contributed by atoms with Crippen LogP contribution in [0.1, 0.15) is 16.7 Å². The molecule has 7 heteroatoms. The highest BCUT2D eigenvalue weighted by molar-refractivity contribution is 5.93. The Kier molecular flexibility index (Phi) is 3.72. The van der Waals surface area contributed by atoms with Crippen molar-refractivity contribution in [3.8, 4) is 0 Å². The third-order valence-electron chi connectivity index (χ3n) is 4.86. The number of H-pyrrole nitrogens is 2. The summed E-state index contributed by atoms with van der Waals surface area (Å²) in [5.74, 6) is 0.943. The molecule has 5 N–H and O–H groups in total. The number of hydrogen-bond donors (Lipinski definition) is 4. The largest absolute Gasteiger partial charge is 0.383 e. The zero-order valence-electron chi connectivity index (χ0n) is 15.3. The average molecular weight is 369 g/mol. The van der Waals surface area contributed by atoms with Crippen LogP contribution in [-0.4, -0.2) is 25.1 Å². The van der Waals surface area contributed by atoms with E-state index in [1.54, 1.807) is 12.4 Å². The van der Waals surface area contributed by atoms with Crippen LogP contribution in [0.15, 0.2) is 55.0 Å². The first-order chi connectivity index (χ1) is 13.7. The molecule has 0 saturated heterocycles. The maximum Gasteiger partial charge on any atom is 0.229 e.